The first-order chi connectivity index (χ1) is 7.74. The van der Waals surface area contributed by atoms with Gasteiger partial charge >= 0.3 is 0 Å². The molecule has 0 aliphatic heterocycles. The van der Waals surface area contributed by atoms with E-state index in [0.717, 1.165) is 22.9 Å². The predicted octanol–water partition coefficient (Wildman–Crippen LogP) is 1.21. The van der Waals surface area contributed by atoms with E-state index in [1.165, 1.54) is 0 Å². The summed E-state index contributed by atoms with van der Waals surface area (Å²) in [6.07, 6.45) is 5.78. The van der Waals surface area contributed by atoms with Crippen LogP contribution in [-0.4, -0.2) is 23.5 Å². The summed E-state index contributed by atoms with van der Waals surface area (Å²) in [6, 6.07) is 2.42. The highest BCUT2D eigenvalue weighted by Gasteiger charge is 2.22. The standard InChI is InChI=1S/C11H14BrN3O/c12-9-3-8(4-13-6-9)5-14-7-11(16)15-10-1-2-10/h3-4,6,10,14H,1-2,5,7H2,(H,15,16). The molecule has 16 heavy (non-hydrogen) atoms. The van der Waals surface area contributed by atoms with Gasteiger partial charge in [-0.2, -0.15) is 0 Å². The van der Waals surface area contributed by atoms with E-state index in [-0.39, 0.29) is 5.91 Å². The van der Waals surface area contributed by atoms with Crippen molar-refractivity contribution in [2.75, 3.05) is 6.54 Å². The van der Waals surface area contributed by atoms with Gasteiger partial charge in [-0.1, -0.05) is 0 Å². The Bertz CT molecular complexity index is 379. The number of aromatic nitrogens is 1. The minimum Gasteiger partial charge on any atom is -0.352 e. The van der Waals surface area contributed by atoms with E-state index in [2.05, 4.69) is 31.5 Å². The first-order valence-electron chi connectivity index (χ1n) is 5.33. The van der Waals surface area contributed by atoms with Gasteiger partial charge in [0.15, 0.2) is 0 Å². The van der Waals surface area contributed by atoms with Crippen LogP contribution in [0.5, 0.6) is 0 Å². The fourth-order valence-electron chi connectivity index (χ4n) is 1.38. The smallest absolute Gasteiger partial charge is 0.234 e. The topological polar surface area (TPSA) is 54.0 Å². The molecule has 0 unspecified atom stereocenters. The Hall–Kier alpha value is -0.940. The van der Waals surface area contributed by atoms with Gasteiger partial charge < -0.3 is 10.6 Å². The molecular weight excluding hydrogens is 270 g/mol. The third kappa shape index (κ3) is 3.90. The SMILES string of the molecule is O=C(CNCc1cncc(Br)c1)NC1CC1. The zero-order valence-corrected chi connectivity index (χ0v) is 10.5. The summed E-state index contributed by atoms with van der Waals surface area (Å²) in [5, 5.41) is 6.01. The minimum absolute atomic E-state index is 0.0745. The molecule has 2 rings (SSSR count). The number of nitrogens with one attached hydrogen (secondary N) is 2. The highest BCUT2D eigenvalue weighted by Crippen LogP contribution is 2.18. The van der Waals surface area contributed by atoms with Gasteiger partial charge in [0.05, 0.1) is 6.54 Å². The van der Waals surface area contributed by atoms with E-state index in [1.807, 2.05) is 6.07 Å². The van der Waals surface area contributed by atoms with E-state index in [9.17, 15) is 4.79 Å². The highest BCUT2D eigenvalue weighted by molar-refractivity contribution is 9.10. The van der Waals surface area contributed by atoms with Crippen molar-refractivity contribution in [1.29, 1.82) is 0 Å². The molecule has 1 amide bonds. The second-order valence-electron chi connectivity index (χ2n) is 3.96. The summed E-state index contributed by atoms with van der Waals surface area (Å²) in [5.41, 5.74) is 1.06. The van der Waals surface area contributed by atoms with Crippen molar-refractivity contribution in [3.8, 4) is 0 Å². The molecule has 1 fully saturated rings. The summed E-state index contributed by atoms with van der Waals surface area (Å²) in [4.78, 5) is 15.4. The molecule has 0 spiro atoms. The molecular formula is C11H14BrN3O. The molecule has 1 heterocycles. The highest BCUT2D eigenvalue weighted by atomic mass is 79.9. The number of carbonyl (C=O) groups excluding carboxylic acids is 1. The molecule has 2 N–H and O–H groups in total. The zero-order chi connectivity index (χ0) is 11.4. The van der Waals surface area contributed by atoms with Crippen molar-refractivity contribution in [2.24, 2.45) is 0 Å². The largest absolute Gasteiger partial charge is 0.352 e. The second-order valence-corrected chi connectivity index (χ2v) is 4.87. The van der Waals surface area contributed by atoms with E-state index in [0.29, 0.717) is 19.1 Å². The average Bonchev–Trinajstić information content (AvgIpc) is 3.02. The van der Waals surface area contributed by atoms with Crippen LogP contribution in [-0.2, 0) is 11.3 Å². The minimum atomic E-state index is 0.0745. The maximum absolute atomic E-state index is 11.4. The van der Waals surface area contributed by atoms with E-state index < -0.39 is 0 Å². The van der Waals surface area contributed by atoms with Gasteiger partial charge in [0.1, 0.15) is 0 Å². The zero-order valence-electron chi connectivity index (χ0n) is 8.87. The van der Waals surface area contributed by atoms with Crippen LogP contribution in [0.15, 0.2) is 22.9 Å². The number of hydrogen-bond acceptors (Lipinski definition) is 3. The quantitative estimate of drug-likeness (QED) is 0.854. The normalized spacial score (nSPS) is 14.8. The molecule has 5 heteroatoms. The molecule has 1 aliphatic rings. The number of rotatable bonds is 5. The molecule has 0 aromatic carbocycles. The lowest BCUT2D eigenvalue weighted by Gasteiger charge is -2.05. The summed E-state index contributed by atoms with van der Waals surface area (Å²) in [5.74, 6) is 0.0745. The number of amides is 1. The summed E-state index contributed by atoms with van der Waals surface area (Å²) in [6.45, 7) is 1.02. The molecule has 1 aromatic heterocycles. The molecule has 0 atom stereocenters. The lowest BCUT2D eigenvalue weighted by molar-refractivity contribution is -0.120. The Kier molecular flexibility index (Phi) is 3.90. The molecule has 1 aliphatic carbocycles. The van der Waals surface area contributed by atoms with Crippen LogP contribution < -0.4 is 10.6 Å². The van der Waals surface area contributed by atoms with Crippen molar-refractivity contribution in [3.63, 3.8) is 0 Å². The van der Waals surface area contributed by atoms with Crippen LogP contribution in [0.25, 0.3) is 0 Å². The lowest BCUT2D eigenvalue weighted by Crippen LogP contribution is -2.34. The Morgan fingerprint density at radius 1 is 1.50 bits per heavy atom. The summed E-state index contributed by atoms with van der Waals surface area (Å²) < 4.78 is 0.953. The Labute approximate surface area is 103 Å². The van der Waals surface area contributed by atoms with Gasteiger partial charge in [-0.05, 0) is 40.4 Å². The van der Waals surface area contributed by atoms with Crippen molar-refractivity contribution >= 4 is 21.8 Å². The summed E-state index contributed by atoms with van der Waals surface area (Å²) in [7, 11) is 0. The third-order valence-corrected chi connectivity index (χ3v) is 2.75. The lowest BCUT2D eigenvalue weighted by atomic mass is 10.3. The van der Waals surface area contributed by atoms with Crippen LogP contribution in [0.1, 0.15) is 18.4 Å². The number of pyridine rings is 1. The molecule has 4 nitrogen and oxygen atoms in total. The summed E-state index contributed by atoms with van der Waals surface area (Å²) >= 11 is 3.35. The third-order valence-electron chi connectivity index (χ3n) is 2.32. The average molecular weight is 284 g/mol. The number of hydrogen-bond donors (Lipinski definition) is 2. The van der Waals surface area contributed by atoms with Crippen LogP contribution >= 0.6 is 15.9 Å². The van der Waals surface area contributed by atoms with Crippen LogP contribution in [0.3, 0.4) is 0 Å². The molecule has 0 radical (unpaired) electrons. The van der Waals surface area contributed by atoms with Crippen molar-refractivity contribution in [1.82, 2.24) is 15.6 Å². The monoisotopic (exact) mass is 283 g/mol. The maximum atomic E-state index is 11.4. The van der Waals surface area contributed by atoms with Gasteiger partial charge in [-0.3, -0.25) is 9.78 Å². The van der Waals surface area contributed by atoms with E-state index >= 15 is 0 Å². The van der Waals surface area contributed by atoms with Gasteiger partial charge in [0.2, 0.25) is 5.91 Å². The molecule has 1 aromatic rings. The Morgan fingerprint density at radius 3 is 3.00 bits per heavy atom. The molecule has 0 saturated heterocycles. The van der Waals surface area contributed by atoms with Gasteiger partial charge in [0.25, 0.3) is 0 Å². The van der Waals surface area contributed by atoms with Crippen LogP contribution in [0.4, 0.5) is 0 Å². The van der Waals surface area contributed by atoms with E-state index in [1.54, 1.807) is 12.4 Å². The first kappa shape index (κ1) is 11.5. The Balaban J connectivity index is 1.68. The van der Waals surface area contributed by atoms with Crippen molar-refractivity contribution < 1.29 is 4.79 Å². The van der Waals surface area contributed by atoms with Crippen molar-refractivity contribution in [2.45, 2.75) is 25.4 Å². The number of halogens is 1. The van der Waals surface area contributed by atoms with Gasteiger partial charge in [-0.15, -0.1) is 0 Å². The number of carbonyl (C=O) groups is 1. The molecule has 1 saturated carbocycles. The fourth-order valence-corrected chi connectivity index (χ4v) is 1.79. The Morgan fingerprint density at radius 2 is 2.31 bits per heavy atom. The predicted molar refractivity (Wildman–Crippen MR) is 64.8 cm³/mol. The van der Waals surface area contributed by atoms with Gasteiger partial charge in [-0.25, -0.2) is 0 Å². The molecule has 0 bridgehead atoms. The number of nitrogens with zero attached hydrogens (tertiary/aromatic N) is 1. The first-order valence-corrected chi connectivity index (χ1v) is 6.13. The van der Waals surface area contributed by atoms with Crippen LogP contribution in [0.2, 0.25) is 0 Å². The fraction of sp³-hybridized carbons (Fsp3) is 0.455. The van der Waals surface area contributed by atoms with E-state index in [4.69, 9.17) is 0 Å². The maximum Gasteiger partial charge on any atom is 0.234 e. The van der Waals surface area contributed by atoms with Crippen molar-refractivity contribution in [3.05, 3.63) is 28.5 Å². The molecule has 86 valence electrons. The van der Waals surface area contributed by atoms with Crippen LogP contribution in [0, 0.1) is 0 Å². The van der Waals surface area contributed by atoms with Gasteiger partial charge in [0, 0.05) is 29.5 Å². The second kappa shape index (κ2) is 5.41.